The van der Waals surface area contributed by atoms with Crippen LogP contribution >= 0.6 is 11.6 Å². The third-order valence-corrected chi connectivity index (χ3v) is 2.65. The monoisotopic (exact) mass is 261 g/mol. The highest BCUT2D eigenvalue weighted by Gasteiger charge is 2.07. The SMILES string of the molecule is Cc1cc(Cl)cc(C(=O)Nc2ccc(O)cc2)c1. The molecule has 0 radical (unpaired) electrons. The molecule has 0 bridgehead atoms. The van der Waals surface area contributed by atoms with Gasteiger partial charge in [-0.1, -0.05) is 11.6 Å². The average molecular weight is 262 g/mol. The highest BCUT2D eigenvalue weighted by atomic mass is 35.5. The molecule has 0 aliphatic rings. The van der Waals surface area contributed by atoms with Gasteiger partial charge in [0.1, 0.15) is 5.75 Å². The molecule has 2 aromatic carbocycles. The summed E-state index contributed by atoms with van der Waals surface area (Å²) in [5.74, 6) is -0.0714. The van der Waals surface area contributed by atoms with Crippen LogP contribution in [0, 0.1) is 6.92 Å². The molecule has 0 atom stereocenters. The van der Waals surface area contributed by atoms with Crippen LogP contribution in [0.25, 0.3) is 0 Å². The van der Waals surface area contributed by atoms with Crippen LogP contribution in [0.4, 0.5) is 5.69 Å². The second-order valence-corrected chi connectivity index (χ2v) is 4.45. The lowest BCUT2D eigenvalue weighted by Crippen LogP contribution is -2.11. The van der Waals surface area contributed by atoms with Crippen molar-refractivity contribution in [3.8, 4) is 5.75 Å². The van der Waals surface area contributed by atoms with E-state index in [0.29, 0.717) is 16.3 Å². The normalized spacial score (nSPS) is 10.1. The summed E-state index contributed by atoms with van der Waals surface area (Å²) in [6, 6.07) is 11.5. The minimum atomic E-state index is -0.230. The van der Waals surface area contributed by atoms with Gasteiger partial charge >= 0.3 is 0 Å². The molecule has 2 N–H and O–H groups in total. The van der Waals surface area contributed by atoms with Gasteiger partial charge in [-0.25, -0.2) is 0 Å². The molecule has 4 heteroatoms. The number of anilines is 1. The topological polar surface area (TPSA) is 49.3 Å². The van der Waals surface area contributed by atoms with E-state index in [1.54, 1.807) is 30.3 Å². The Balaban J connectivity index is 2.19. The number of carbonyl (C=O) groups is 1. The van der Waals surface area contributed by atoms with Crippen LogP contribution < -0.4 is 5.32 Å². The van der Waals surface area contributed by atoms with E-state index in [1.807, 2.05) is 6.92 Å². The smallest absolute Gasteiger partial charge is 0.255 e. The van der Waals surface area contributed by atoms with Crippen molar-refractivity contribution in [2.75, 3.05) is 5.32 Å². The Labute approximate surface area is 110 Å². The number of halogens is 1. The van der Waals surface area contributed by atoms with Gasteiger partial charge in [0, 0.05) is 16.3 Å². The molecule has 0 saturated heterocycles. The zero-order chi connectivity index (χ0) is 13.1. The summed E-state index contributed by atoms with van der Waals surface area (Å²) in [4.78, 5) is 12.0. The van der Waals surface area contributed by atoms with Crippen LogP contribution in [0.5, 0.6) is 5.75 Å². The molecule has 18 heavy (non-hydrogen) atoms. The quantitative estimate of drug-likeness (QED) is 0.812. The standard InChI is InChI=1S/C14H12ClNO2/c1-9-6-10(8-11(15)7-9)14(18)16-12-2-4-13(17)5-3-12/h2-8,17H,1H3,(H,16,18). The molecule has 0 saturated carbocycles. The Hall–Kier alpha value is -2.00. The predicted molar refractivity (Wildman–Crippen MR) is 72.2 cm³/mol. The molecule has 3 nitrogen and oxygen atoms in total. The largest absolute Gasteiger partial charge is 0.508 e. The molecular weight excluding hydrogens is 250 g/mol. The predicted octanol–water partition coefficient (Wildman–Crippen LogP) is 3.61. The fourth-order valence-corrected chi connectivity index (χ4v) is 1.91. The summed E-state index contributed by atoms with van der Waals surface area (Å²) in [5.41, 5.74) is 2.06. The van der Waals surface area contributed by atoms with Gasteiger partial charge in [0.05, 0.1) is 0 Å². The number of rotatable bonds is 2. The molecule has 0 unspecified atom stereocenters. The lowest BCUT2D eigenvalue weighted by atomic mass is 10.1. The Bertz CT molecular complexity index is 559. The summed E-state index contributed by atoms with van der Waals surface area (Å²) >= 11 is 5.90. The number of aromatic hydroxyl groups is 1. The number of hydrogen-bond acceptors (Lipinski definition) is 2. The molecule has 0 aliphatic carbocycles. The van der Waals surface area contributed by atoms with E-state index in [0.717, 1.165) is 5.56 Å². The first-order valence-electron chi connectivity index (χ1n) is 5.42. The maximum Gasteiger partial charge on any atom is 0.255 e. The molecule has 0 spiro atoms. The Kier molecular flexibility index (Phi) is 3.53. The molecule has 1 amide bonds. The second kappa shape index (κ2) is 5.10. The molecule has 92 valence electrons. The Morgan fingerprint density at radius 1 is 1.17 bits per heavy atom. The summed E-state index contributed by atoms with van der Waals surface area (Å²) in [6.07, 6.45) is 0. The van der Waals surface area contributed by atoms with E-state index in [1.165, 1.54) is 12.1 Å². The molecule has 0 aliphatic heterocycles. The lowest BCUT2D eigenvalue weighted by molar-refractivity contribution is 0.102. The summed E-state index contributed by atoms with van der Waals surface area (Å²) in [5, 5.41) is 12.4. The van der Waals surface area contributed by atoms with Crippen molar-refractivity contribution in [2.45, 2.75) is 6.92 Å². The minimum absolute atomic E-state index is 0.159. The van der Waals surface area contributed by atoms with Crippen molar-refractivity contribution in [3.63, 3.8) is 0 Å². The molecule has 2 aromatic rings. The van der Waals surface area contributed by atoms with Crippen LogP contribution in [0.3, 0.4) is 0 Å². The van der Waals surface area contributed by atoms with Gasteiger partial charge in [-0.15, -0.1) is 0 Å². The van der Waals surface area contributed by atoms with Gasteiger partial charge < -0.3 is 10.4 Å². The highest BCUT2D eigenvalue weighted by molar-refractivity contribution is 6.31. The molecule has 2 rings (SSSR count). The van der Waals surface area contributed by atoms with Crippen LogP contribution in [0.2, 0.25) is 5.02 Å². The first kappa shape index (κ1) is 12.5. The first-order valence-corrected chi connectivity index (χ1v) is 5.80. The van der Waals surface area contributed by atoms with Gasteiger partial charge in [-0.3, -0.25) is 4.79 Å². The van der Waals surface area contributed by atoms with E-state index < -0.39 is 0 Å². The zero-order valence-electron chi connectivity index (χ0n) is 9.77. The molecule has 0 aromatic heterocycles. The van der Waals surface area contributed by atoms with E-state index >= 15 is 0 Å². The van der Waals surface area contributed by atoms with Crippen LogP contribution in [-0.4, -0.2) is 11.0 Å². The zero-order valence-corrected chi connectivity index (χ0v) is 10.5. The summed E-state index contributed by atoms with van der Waals surface area (Å²) in [6.45, 7) is 1.88. The van der Waals surface area contributed by atoms with E-state index in [9.17, 15) is 4.79 Å². The second-order valence-electron chi connectivity index (χ2n) is 4.02. The number of nitrogens with one attached hydrogen (secondary N) is 1. The van der Waals surface area contributed by atoms with Gasteiger partial charge in [-0.05, 0) is 55.0 Å². The summed E-state index contributed by atoms with van der Waals surface area (Å²) in [7, 11) is 0. The highest BCUT2D eigenvalue weighted by Crippen LogP contribution is 2.17. The fraction of sp³-hybridized carbons (Fsp3) is 0.0714. The van der Waals surface area contributed by atoms with E-state index in [-0.39, 0.29) is 11.7 Å². The maximum absolute atomic E-state index is 12.0. The first-order chi connectivity index (χ1) is 8.54. The number of hydrogen-bond donors (Lipinski definition) is 2. The Morgan fingerprint density at radius 2 is 1.83 bits per heavy atom. The number of carbonyl (C=O) groups excluding carboxylic acids is 1. The van der Waals surface area contributed by atoms with Crippen molar-refractivity contribution in [1.29, 1.82) is 0 Å². The molecule has 0 heterocycles. The third-order valence-electron chi connectivity index (χ3n) is 2.43. The van der Waals surface area contributed by atoms with Gasteiger partial charge in [0.15, 0.2) is 0 Å². The molecular formula is C14H12ClNO2. The van der Waals surface area contributed by atoms with Crippen LogP contribution in [-0.2, 0) is 0 Å². The number of amides is 1. The summed E-state index contributed by atoms with van der Waals surface area (Å²) < 4.78 is 0. The van der Waals surface area contributed by atoms with E-state index in [2.05, 4.69) is 5.32 Å². The van der Waals surface area contributed by atoms with Gasteiger partial charge in [0.2, 0.25) is 0 Å². The number of phenolic OH excluding ortho intramolecular Hbond substituents is 1. The fourth-order valence-electron chi connectivity index (χ4n) is 1.62. The van der Waals surface area contributed by atoms with Crippen LogP contribution in [0.15, 0.2) is 42.5 Å². The van der Waals surface area contributed by atoms with Crippen molar-refractivity contribution in [1.82, 2.24) is 0 Å². The third kappa shape index (κ3) is 3.02. The number of benzene rings is 2. The lowest BCUT2D eigenvalue weighted by Gasteiger charge is -2.06. The average Bonchev–Trinajstić information content (AvgIpc) is 2.31. The minimum Gasteiger partial charge on any atom is -0.508 e. The van der Waals surface area contributed by atoms with Gasteiger partial charge in [-0.2, -0.15) is 0 Å². The van der Waals surface area contributed by atoms with Crippen molar-refractivity contribution in [3.05, 3.63) is 58.6 Å². The Morgan fingerprint density at radius 3 is 2.44 bits per heavy atom. The molecule has 0 fully saturated rings. The number of phenols is 1. The van der Waals surface area contributed by atoms with Gasteiger partial charge in [0.25, 0.3) is 5.91 Å². The van der Waals surface area contributed by atoms with Crippen molar-refractivity contribution in [2.24, 2.45) is 0 Å². The van der Waals surface area contributed by atoms with Crippen molar-refractivity contribution < 1.29 is 9.90 Å². The van der Waals surface area contributed by atoms with Crippen molar-refractivity contribution >= 4 is 23.2 Å². The maximum atomic E-state index is 12.0. The van der Waals surface area contributed by atoms with E-state index in [4.69, 9.17) is 16.7 Å². The number of aryl methyl sites for hydroxylation is 1. The van der Waals surface area contributed by atoms with Crippen LogP contribution in [0.1, 0.15) is 15.9 Å².